The fraction of sp³-hybridized carbons (Fsp3) is 0.889. The first-order chi connectivity index (χ1) is 13.1. The Morgan fingerprint density at radius 2 is 1.89 bits per heavy atom. The van der Waals surface area contributed by atoms with E-state index in [1.807, 2.05) is 19.0 Å². The van der Waals surface area contributed by atoms with E-state index in [9.17, 15) is 18.0 Å². The summed E-state index contributed by atoms with van der Waals surface area (Å²) in [5, 5.41) is 1.45. The van der Waals surface area contributed by atoms with Gasteiger partial charge in [0.25, 0.3) is 0 Å². The van der Waals surface area contributed by atoms with Crippen LogP contribution in [0.5, 0.6) is 0 Å². The van der Waals surface area contributed by atoms with Crippen LogP contribution in [0.1, 0.15) is 45.4 Å². The van der Waals surface area contributed by atoms with Crippen LogP contribution in [0.2, 0.25) is 0 Å². The van der Waals surface area contributed by atoms with Gasteiger partial charge in [-0.15, -0.1) is 0 Å². The van der Waals surface area contributed by atoms with Crippen LogP contribution in [-0.2, 0) is 14.8 Å². The summed E-state index contributed by atoms with van der Waals surface area (Å²) in [6.07, 6.45) is 3.96. The van der Waals surface area contributed by atoms with E-state index in [4.69, 9.17) is 0 Å². The zero-order chi connectivity index (χ0) is 20.3. The molecule has 2 aliphatic heterocycles. The summed E-state index contributed by atoms with van der Waals surface area (Å²) in [6, 6.07) is -0.284. The Hall–Kier alpha value is -1.23. The van der Waals surface area contributed by atoms with Gasteiger partial charge in [-0.3, -0.25) is 15.1 Å². The number of nitrogens with zero attached hydrogens (tertiary/aromatic N) is 3. The molecule has 2 aliphatic carbocycles. The molecular formula is C18H31N5O4S. The first-order valence-corrected chi connectivity index (χ1v) is 11.7. The molecule has 4 unspecified atom stereocenters. The van der Waals surface area contributed by atoms with E-state index < -0.39 is 21.2 Å². The normalized spacial score (nSPS) is 36.0. The first kappa shape index (κ1) is 20.1. The van der Waals surface area contributed by atoms with E-state index in [0.29, 0.717) is 19.4 Å². The van der Waals surface area contributed by atoms with Gasteiger partial charge in [-0.25, -0.2) is 22.9 Å². The van der Waals surface area contributed by atoms with Gasteiger partial charge in [0.2, 0.25) is 15.9 Å². The monoisotopic (exact) mass is 413 g/mol. The lowest BCUT2D eigenvalue weighted by Gasteiger charge is -2.48. The molecule has 4 aliphatic rings. The second kappa shape index (κ2) is 6.93. The summed E-state index contributed by atoms with van der Waals surface area (Å²) >= 11 is 0. The number of fused-ring (bicyclic) bond motifs is 1. The number of hydrogen-bond acceptors (Lipinski definition) is 6. The van der Waals surface area contributed by atoms with Gasteiger partial charge in [0.1, 0.15) is 0 Å². The van der Waals surface area contributed by atoms with Gasteiger partial charge in [-0.1, -0.05) is 0 Å². The number of amides is 3. The Kier molecular flexibility index (Phi) is 4.96. The van der Waals surface area contributed by atoms with E-state index in [1.165, 1.54) is 11.9 Å². The van der Waals surface area contributed by atoms with Crippen molar-refractivity contribution < 1.29 is 18.0 Å². The average molecular weight is 414 g/mol. The van der Waals surface area contributed by atoms with Gasteiger partial charge < -0.3 is 4.90 Å². The van der Waals surface area contributed by atoms with Crippen LogP contribution in [0.25, 0.3) is 0 Å². The minimum atomic E-state index is -3.47. The van der Waals surface area contributed by atoms with Crippen LogP contribution in [0, 0.1) is 5.92 Å². The van der Waals surface area contributed by atoms with Crippen LogP contribution in [-0.4, -0.2) is 85.2 Å². The van der Waals surface area contributed by atoms with Crippen molar-refractivity contribution in [1.29, 1.82) is 0 Å². The van der Waals surface area contributed by atoms with E-state index in [0.717, 1.165) is 25.8 Å². The Labute approximate surface area is 166 Å². The largest absolute Gasteiger partial charge is 0.326 e. The Bertz CT molecular complexity index is 768. The molecule has 4 rings (SSSR count). The van der Waals surface area contributed by atoms with E-state index in [2.05, 4.69) is 10.1 Å². The molecule has 0 spiro atoms. The van der Waals surface area contributed by atoms with Crippen LogP contribution in [0.4, 0.5) is 4.79 Å². The maximum atomic E-state index is 12.8. The van der Waals surface area contributed by atoms with Gasteiger partial charge in [-0.2, -0.15) is 0 Å². The molecule has 0 aromatic carbocycles. The number of imide groups is 1. The summed E-state index contributed by atoms with van der Waals surface area (Å²) in [6.45, 7) is 3.34. The van der Waals surface area contributed by atoms with E-state index >= 15 is 0 Å². The summed E-state index contributed by atoms with van der Waals surface area (Å²) < 4.78 is 28.5. The highest BCUT2D eigenvalue weighted by Crippen LogP contribution is 2.40. The van der Waals surface area contributed by atoms with Crippen molar-refractivity contribution in [3.05, 3.63) is 0 Å². The summed E-state index contributed by atoms with van der Waals surface area (Å²) in [7, 11) is -0.00420. The molecule has 10 heteroatoms. The first-order valence-electron chi connectivity index (χ1n) is 10.2. The predicted octanol–water partition coefficient (Wildman–Crippen LogP) is 0.0983. The molecule has 4 atom stereocenters. The number of hydrogen-bond donors (Lipinski definition) is 2. The molecule has 28 heavy (non-hydrogen) atoms. The minimum absolute atomic E-state index is 0.198. The molecule has 0 aromatic heterocycles. The van der Waals surface area contributed by atoms with Crippen LogP contribution < -0.4 is 10.1 Å². The molecule has 9 nitrogen and oxygen atoms in total. The molecule has 4 fully saturated rings. The van der Waals surface area contributed by atoms with Gasteiger partial charge in [0.15, 0.2) is 0 Å². The number of urea groups is 1. The summed E-state index contributed by atoms with van der Waals surface area (Å²) in [5.74, 6) is -0.702. The Balaban J connectivity index is 1.51. The highest BCUT2D eigenvalue weighted by molar-refractivity contribution is 7.90. The second-order valence-electron chi connectivity index (χ2n) is 9.11. The van der Waals surface area contributed by atoms with Gasteiger partial charge in [0.05, 0.1) is 11.2 Å². The second-order valence-corrected chi connectivity index (χ2v) is 11.1. The lowest BCUT2D eigenvalue weighted by atomic mass is 9.80. The van der Waals surface area contributed by atoms with Crippen molar-refractivity contribution >= 4 is 22.0 Å². The Morgan fingerprint density at radius 3 is 2.50 bits per heavy atom. The fourth-order valence-corrected chi connectivity index (χ4v) is 6.78. The zero-order valence-electron chi connectivity index (χ0n) is 16.8. The molecule has 2 saturated carbocycles. The van der Waals surface area contributed by atoms with Gasteiger partial charge >= 0.3 is 6.03 Å². The minimum Gasteiger partial charge on any atom is -0.319 e. The Morgan fingerprint density at radius 1 is 1.18 bits per heavy atom. The SMILES string of the molecule is CN1C(=O)C2CC(S(=O)(=O)NC3(C)CC3)CCC2N(CC2CCNN2C)C1=O. The number of sulfonamides is 1. The topological polar surface area (TPSA) is 102 Å². The maximum Gasteiger partial charge on any atom is 0.326 e. The summed E-state index contributed by atoms with van der Waals surface area (Å²) in [4.78, 5) is 28.6. The van der Waals surface area contributed by atoms with Crippen molar-refractivity contribution in [2.24, 2.45) is 5.92 Å². The van der Waals surface area contributed by atoms with Crippen LogP contribution in [0.3, 0.4) is 0 Å². The van der Waals surface area contributed by atoms with Crippen molar-refractivity contribution in [1.82, 2.24) is 25.0 Å². The lowest BCUT2D eigenvalue weighted by molar-refractivity contribution is -0.139. The van der Waals surface area contributed by atoms with Gasteiger partial charge in [0, 0.05) is 44.8 Å². The van der Waals surface area contributed by atoms with Gasteiger partial charge in [-0.05, 0) is 45.4 Å². The van der Waals surface area contributed by atoms with Crippen LogP contribution in [0.15, 0.2) is 0 Å². The van der Waals surface area contributed by atoms with Crippen molar-refractivity contribution in [2.75, 3.05) is 27.2 Å². The highest BCUT2D eigenvalue weighted by Gasteiger charge is 2.51. The number of likely N-dealkylation sites (N-methyl/N-ethyl adjacent to an activating group) is 1. The average Bonchev–Trinajstić information content (AvgIpc) is 3.22. The third-order valence-electron chi connectivity index (χ3n) is 6.97. The zero-order valence-corrected chi connectivity index (χ0v) is 17.7. The molecule has 2 saturated heterocycles. The maximum absolute atomic E-state index is 12.8. The van der Waals surface area contributed by atoms with Crippen LogP contribution >= 0.6 is 0 Å². The molecule has 0 aromatic rings. The molecule has 3 amide bonds. The lowest BCUT2D eigenvalue weighted by Crippen LogP contribution is -2.64. The highest BCUT2D eigenvalue weighted by atomic mass is 32.2. The smallest absolute Gasteiger partial charge is 0.319 e. The number of carbonyl (C=O) groups excluding carboxylic acids is 2. The number of nitrogens with one attached hydrogen (secondary N) is 2. The third-order valence-corrected chi connectivity index (χ3v) is 9.05. The molecule has 0 radical (unpaired) electrons. The van der Waals surface area contributed by atoms with Crippen molar-refractivity contribution in [3.8, 4) is 0 Å². The standard InChI is InChI=1S/C18H31N5O4S/c1-18(7-8-18)20-28(26,27)13-4-5-15-14(10-13)16(24)21(2)17(25)23(15)11-12-6-9-19-22(12)3/h12-15,19-20H,4-11H2,1-3H3. The summed E-state index contributed by atoms with van der Waals surface area (Å²) in [5.41, 5.74) is 2.93. The molecule has 2 heterocycles. The number of carbonyl (C=O) groups is 2. The third kappa shape index (κ3) is 3.55. The predicted molar refractivity (Wildman–Crippen MR) is 104 cm³/mol. The molecule has 2 N–H and O–H groups in total. The van der Waals surface area contributed by atoms with E-state index in [-0.39, 0.29) is 36.0 Å². The fourth-order valence-electron chi connectivity index (χ4n) is 4.81. The molecule has 0 bridgehead atoms. The van der Waals surface area contributed by atoms with Crippen molar-refractivity contribution in [2.45, 2.75) is 68.3 Å². The molecular weight excluding hydrogens is 382 g/mol. The molecule has 158 valence electrons. The van der Waals surface area contributed by atoms with E-state index in [1.54, 1.807) is 4.90 Å². The van der Waals surface area contributed by atoms with Crippen molar-refractivity contribution in [3.63, 3.8) is 0 Å². The number of hydrazine groups is 1. The quantitative estimate of drug-likeness (QED) is 0.663. The number of rotatable bonds is 5.